The van der Waals surface area contributed by atoms with Gasteiger partial charge < -0.3 is 0 Å². The van der Waals surface area contributed by atoms with Crippen molar-refractivity contribution < 1.29 is 0 Å². The third kappa shape index (κ3) is 0.979. The van der Waals surface area contributed by atoms with Gasteiger partial charge in [-0.25, -0.2) is 0 Å². The molecule has 1 aliphatic carbocycles. The molecule has 1 aromatic rings. The SMILES string of the molecule is C[C]1CC(C)(C)c2ccccc21. The Labute approximate surface area is 74.6 Å². The van der Waals surface area contributed by atoms with Crippen molar-refractivity contribution in [1.82, 2.24) is 0 Å². The van der Waals surface area contributed by atoms with E-state index >= 15 is 0 Å². The van der Waals surface area contributed by atoms with E-state index in [1.165, 1.54) is 23.5 Å². The van der Waals surface area contributed by atoms with Crippen LogP contribution in [0.1, 0.15) is 38.3 Å². The van der Waals surface area contributed by atoms with E-state index in [1.807, 2.05) is 0 Å². The van der Waals surface area contributed by atoms with Crippen molar-refractivity contribution in [3.63, 3.8) is 0 Å². The molecule has 0 bridgehead atoms. The number of fused-ring (bicyclic) bond motifs is 1. The minimum absolute atomic E-state index is 0.362. The van der Waals surface area contributed by atoms with Gasteiger partial charge in [-0.3, -0.25) is 0 Å². The van der Waals surface area contributed by atoms with Crippen molar-refractivity contribution in [2.45, 2.75) is 32.6 Å². The van der Waals surface area contributed by atoms with Crippen molar-refractivity contribution in [2.75, 3.05) is 0 Å². The van der Waals surface area contributed by atoms with Gasteiger partial charge in [0.2, 0.25) is 0 Å². The topological polar surface area (TPSA) is 0 Å². The molecule has 0 heteroatoms. The zero-order valence-electron chi connectivity index (χ0n) is 8.02. The fourth-order valence-corrected chi connectivity index (χ4v) is 2.30. The zero-order valence-corrected chi connectivity index (χ0v) is 8.02. The highest BCUT2D eigenvalue weighted by Gasteiger charge is 2.33. The molecule has 0 N–H and O–H groups in total. The Balaban J connectivity index is 2.58. The number of hydrogen-bond donors (Lipinski definition) is 0. The van der Waals surface area contributed by atoms with Crippen LogP contribution < -0.4 is 0 Å². The molecule has 0 amide bonds. The third-order valence-electron chi connectivity index (χ3n) is 2.82. The normalized spacial score (nSPS) is 20.9. The molecule has 0 heterocycles. The third-order valence-corrected chi connectivity index (χ3v) is 2.82. The largest absolute Gasteiger partial charge is 0.0620 e. The minimum atomic E-state index is 0.362. The molecule has 0 unspecified atom stereocenters. The van der Waals surface area contributed by atoms with Crippen LogP contribution in [0.5, 0.6) is 0 Å². The average molecular weight is 159 g/mol. The van der Waals surface area contributed by atoms with Crippen LogP contribution in [0.15, 0.2) is 24.3 Å². The highest BCUT2D eigenvalue weighted by atomic mass is 14.4. The summed E-state index contributed by atoms with van der Waals surface area (Å²) in [6.45, 7) is 6.89. The highest BCUT2D eigenvalue weighted by Crippen LogP contribution is 2.44. The van der Waals surface area contributed by atoms with Crippen molar-refractivity contribution in [2.24, 2.45) is 0 Å². The molecule has 0 spiro atoms. The maximum Gasteiger partial charge on any atom is 0.00305 e. The summed E-state index contributed by atoms with van der Waals surface area (Å²) in [5, 5.41) is 0. The standard InChI is InChI=1S/C12H15/c1-9-8-12(2,3)11-7-5-4-6-10(9)11/h4-7H,8H2,1-3H3. The lowest BCUT2D eigenvalue weighted by Gasteiger charge is -2.18. The van der Waals surface area contributed by atoms with Crippen molar-refractivity contribution in [1.29, 1.82) is 0 Å². The molecule has 63 valence electrons. The van der Waals surface area contributed by atoms with Gasteiger partial charge in [0.05, 0.1) is 0 Å². The van der Waals surface area contributed by atoms with Crippen LogP contribution in [-0.4, -0.2) is 0 Å². The van der Waals surface area contributed by atoms with Crippen molar-refractivity contribution >= 4 is 0 Å². The van der Waals surface area contributed by atoms with Crippen LogP contribution in [0.4, 0.5) is 0 Å². The number of rotatable bonds is 0. The average Bonchev–Trinajstić information content (AvgIpc) is 2.25. The highest BCUT2D eigenvalue weighted by molar-refractivity contribution is 5.48. The van der Waals surface area contributed by atoms with Gasteiger partial charge in [0.25, 0.3) is 0 Å². The Hall–Kier alpha value is -0.780. The molecule has 0 aliphatic heterocycles. The molecule has 1 radical (unpaired) electrons. The second kappa shape index (κ2) is 2.35. The van der Waals surface area contributed by atoms with Crippen LogP contribution in [0.25, 0.3) is 0 Å². The lowest BCUT2D eigenvalue weighted by molar-refractivity contribution is 0.534. The molecule has 1 aromatic carbocycles. The lowest BCUT2D eigenvalue weighted by atomic mass is 9.86. The van der Waals surface area contributed by atoms with E-state index in [9.17, 15) is 0 Å². The first-order valence-electron chi connectivity index (χ1n) is 4.53. The van der Waals surface area contributed by atoms with Crippen LogP contribution in [0, 0.1) is 5.92 Å². The molecule has 2 rings (SSSR count). The fraction of sp³-hybridized carbons (Fsp3) is 0.417. The van der Waals surface area contributed by atoms with Gasteiger partial charge in [-0.05, 0) is 23.0 Å². The molecule has 0 saturated carbocycles. The molecule has 0 aromatic heterocycles. The van der Waals surface area contributed by atoms with Gasteiger partial charge in [0, 0.05) is 5.92 Å². The van der Waals surface area contributed by atoms with E-state index < -0.39 is 0 Å². The second-order valence-electron chi connectivity index (χ2n) is 4.39. The number of benzene rings is 1. The fourth-order valence-electron chi connectivity index (χ4n) is 2.30. The summed E-state index contributed by atoms with van der Waals surface area (Å²) in [5.74, 6) is 1.54. The predicted molar refractivity (Wildman–Crippen MR) is 52.1 cm³/mol. The maximum atomic E-state index is 2.32. The van der Waals surface area contributed by atoms with Gasteiger partial charge in [-0.15, -0.1) is 0 Å². The van der Waals surface area contributed by atoms with Crippen molar-refractivity contribution in [3.05, 3.63) is 41.3 Å². The number of hydrogen-bond acceptors (Lipinski definition) is 0. The predicted octanol–water partition coefficient (Wildman–Crippen LogP) is 3.31. The first-order valence-corrected chi connectivity index (χ1v) is 4.53. The molecule has 0 nitrogen and oxygen atoms in total. The Morgan fingerprint density at radius 2 is 1.83 bits per heavy atom. The lowest BCUT2D eigenvalue weighted by Crippen LogP contribution is -2.11. The minimum Gasteiger partial charge on any atom is -0.0620 e. The molecule has 1 aliphatic rings. The van der Waals surface area contributed by atoms with Crippen LogP contribution in [-0.2, 0) is 5.41 Å². The Morgan fingerprint density at radius 1 is 1.17 bits per heavy atom. The van der Waals surface area contributed by atoms with Gasteiger partial charge in [0.1, 0.15) is 0 Å². The molecule has 12 heavy (non-hydrogen) atoms. The maximum absolute atomic E-state index is 2.32. The van der Waals surface area contributed by atoms with E-state index in [0.717, 1.165) is 0 Å². The van der Waals surface area contributed by atoms with Gasteiger partial charge >= 0.3 is 0 Å². The van der Waals surface area contributed by atoms with E-state index in [1.54, 1.807) is 0 Å². The van der Waals surface area contributed by atoms with Crippen molar-refractivity contribution in [3.8, 4) is 0 Å². The summed E-state index contributed by atoms with van der Waals surface area (Å²) in [7, 11) is 0. The summed E-state index contributed by atoms with van der Waals surface area (Å²) in [6.07, 6.45) is 1.21. The monoisotopic (exact) mass is 159 g/mol. The first-order chi connectivity index (χ1) is 5.61. The van der Waals surface area contributed by atoms with Gasteiger partial charge in [-0.1, -0.05) is 45.0 Å². The van der Waals surface area contributed by atoms with Crippen LogP contribution in [0.3, 0.4) is 0 Å². The summed E-state index contributed by atoms with van der Waals surface area (Å²) in [5.41, 5.74) is 3.35. The second-order valence-corrected chi connectivity index (χ2v) is 4.39. The van der Waals surface area contributed by atoms with E-state index in [-0.39, 0.29) is 0 Å². The van der Waals surface area contributed by atoms with Crippen LogP contribution in [0.2, 0.25) is 0 Å². The molecule has 0 saturated heterocycles. The summed E-state index contributed by atoms with van der Waals surface area (Å²) < 4.78 is 0. The molecular formula is C12H15. The van der Waals surface area contributed by atoms with Crippen LogP contribution >= 0.6 is 0 Å². The summed E-state index contributed by atoms with van der Waals surface area (Å²) in [4.78, 5) is 0. The van der Waals surface area contributed by atoms with E-state index in [4.69, 9.17) is 0 Å². The van der Waals surface area contributed by atoms with Gasteiger partial charge in [-0.2, -0.15) is 0 Å². The molecular weight excluding hydrogens is 144 g/mol. The van der Waals surface area contributed by atoms with E-state index in [2.05, 4.69) is 45.0 Å². The first kappa shape index (κ1) is 7.85. The Kier molecular flexibility index (Phi) is 1.54. The molecule has 0 fully saturated rings. The van der Waals surface area contributed by atoms with E-state index in [0.29, 0.717) is 5.41 Å². The quantitative estimate of drug-likeness (QED) is 0.545. The summed E-state index contributed by atoms with van der Waals surface area (Å²) >= 11 is 0. The smallest absolute Gasteiger partial charge is 0.00305 e. The molecule has 0 atom stereocenters. The van der Waals surface area contributed by atoms with Gasteiger partial charge in [0.15, 0.2) is 0 Å². The zero-order chi connectivity index (χ0) is 8.77. The summed E-state index contributed by atoms with van der Waals surface area (Å²) in [6, 6.07) is 8.76. The Morgan fingerprint density at radius 3 is 2.50 bits per heavy atom. The Bertz CT molecular complexity index is 297.